The predicted octanol–water partition coefficient (Wildman–Crippen LogP) is 4.07. The average Bonchev–Trinajstić information content (AvgIpc) is 2.76. The molecular formula is C23H25N3O4S. The standard InChI is InChI=1S/C23H25N3O4S/c1-5-26-20(27)13-19(31-23(26)25-18-9-6-14(2)15(3)12-18)21(28)24-17-10-7-16(8-11-17)22(29)30-4/h6-12,19H,5,13H2,1-4H3,(H,24,28). The smallest absolute Gasteiger partial charge is 0.337 e. The van der Waals surface area contributed by atoms with Gasteiger partial charge in [0.2, 0.25) is 11.8 Å². The third kappa shape index (κ3) is 5.32. The van der Waals surface area contributed by atoms with E-state index in [1.54, 1.807) is 29.2 Å². The van der Waals surface area contributed by atoms with Crippen LogP contribution in [-0.4, -0.2) is 46.8 Å². The number of nitrogens with zero attached hydrogens (tertiary/aromatic N) is 2. The maximum absolute atomic E-state index is 12.8. The van der Waals surface area contributed by atoms with E-state index in [2.05, 4.69) is 15.0 Å². The first-order chi connectivity index (χ1) is 14.8. The summed E-state index contributed by atoms with van der Waals surface area (Å²) in [7, 11) is 1.31. The largest absolute Gasteiger partial charge is 0.465 e. The second kappa shape index (κ2) is 9.78. The van der Waals surface area contributed by atoms with Crippen molar-refractivity contribution in [3.63, 3.8) is 0 Å². The Labute approximate surface area is 185 Å². The first-order valence-corrected chi connectivity index (χ1v) is 10.8. The van der Waals surface area contributed by atoms with Gasteiger partial charge < -0.3 is 10.1 Å². The first kappa shape index (κ1) is 22.6. The van der Waals surface area contributed by atoms with E-state index in [-0.39, 0.29) is 18.2 Å². The number of amidine groups is 1. The highest BCUT2D eigenvalue weighted by molar-refractivity contribution is 8.15. The fourth-order valence-corrected chi connectivity index (χ4v) is 4.25. The zero-order valence-corrected chi connectivity index (χ0v) is 18.8. The van der Waals surface area contributed by atoms with Crippen molar-refractivity contribution in [3.05, 3.63) is 59.2 Å². The Morgan fingerprint density at radius 3 is 2.48 bits per heavy atom. The normalized spacial score (nSPS) is 17.5. The maximum atomic E-state index is 12.8. The summed E-state index contributed by atoms with van der Waals surface area (Å²) in [6.45, 7) is 6.41. The fraction of sp³-hybridized carbons (Fsp3) is 0.304. The van der Waals surface area contributed by atoms with Crippen molar-refractivity contribution in [2.24, 2.45) is 4.99 Å². The molecule has 1 N–H and O–H groups in total. The topological polar surface area (TPSA) is 88.1 Å². The lowest BCUT2D eigenvalue weighted by Gasteiger charge is -2.31. The Bertz CT molecular complexity index is 1030. The van der Waals surface area contributed by atoms with Crippen LogP contribution in [0.1, 0.15) is 34.8 Å². The summed E-state index contributed by atoms with van der Waals surface area (Å²) in [5.74, 6) is -0.865. The van der Waals surface area contributed by atoms with Crippen molar-refractivity contribution in [2.75, 3.05) is 19.0 Å². The lowest BCUT2D eigenvalue weighted by Crippen LogP contribution is -2.45. The minimum atomic E-state index is -0.596. The number of methoxy groups -OCH3 is 1. The predicted molar refractivity (Wildman–Crippen MR) is 123 cm³/mol. The van der Waals surface area contributed by atoms with E-state index in [4.69, 9.17) is 0 Å². The molecule has 3 rings (SSSR count). The number of hydrogen-bond acceptors (Lipinski definition) is 6. The lowest BCUT2D eigenvalue weighted by molar-refractivity contribution is -0.129. The zero-order chi connectivity index (χ0) is 22.5. The van der Waals surface area contributed by atoms with E-state index in [0.717, 1.165) is 11.3 Å². The number of amides is 2. The lowest BCUT2D eigenvalue weighted by atomic mass is 10.1. The molecule has 2 amide bonds. The Morgan fingerprint density at radius 1 is 1.16 bits per heavy atom. The molecule has 0 aliphatic carbocycles. The van der Waals surface area contributed by atoms with Gasteiger partial charge in [-0.25, -0.2) is 9.79 Å². The number of anilines is 1. The van der Waals surface area contributed by atoms with Gasteiger partial charge in [-0.3, -0.25) is 14.5 Å². The van der Waals surface area contributed by atoms with Gasteiger partial charge in [-0.15, -0.1) is 0 Å². The van der Waals surface area contributed by atoms with Gasteiger partial charge in [-0.2, -0.15) is 0 Å². The number of nitrogens with one attached hydrogen (secondary N) is 1. The van der Waals surface area contributed by atoms with Crippen LogP contribution < -0.4 is 5.32 Å². The molecule has 8 heteroatoms. The van der Waals surface area contributed by atoms with E-state index in [1.807, 2.05) is 39.0 Å². The second-order valence-electron chi connectivity index (χ2n) is 7.17. The van der Waals surface area contributed by atoms with Crippen molar-refractivity contribution in [1.82, 2.24) is 4.90 Å². The van der Waals surface area contributed by atoms with Gasteiger partial charge in [0.05, 0.1) is 18.4 Å². The number of aryl methyl sites for hydroxylation is 2. The summed E-state index contributed by atoms with van der Waals surface area (Å²) in [5, 5.41) is 2.73. The van der Waals surface area contributed by atoms with Gasteiger partial charge in [0.1, 0.15) is 5.25 Å². The SMILES string of the molecule is CCN1C(=O)CC(C(=O)Nc2ccc(C(=O)OC)cc2)SC1=Nc1ccc(C)c(C)c1. The van der Waals surface area contributed by atoms with Crippen LogP contribution in [0.25, 0.3) is 0 Å². The summed E-state index contributed by atoms with van der Waals surface area (Å²) < 4.78 is 4.67. The van der Waals surface area contributed by atoms with Crippen molar-refractivity contribution >= 4 is 46.1 Å². The highest BCUT2D eigenvalue weighted by Gasteiger charge is 2.35. The van der Waals surface area contributed by atoms with Gasteiger partial charge >= 0.3 is 5.97 Å². The number of esters is 1. The molecule has 31 heavy (non-hydrogen) atoms. The molecule has 1 aliphatic rings. The molecule has 1 saturated heterocycles. The summed E-state index contributed by atoms with van der Waals surface area (Å²) in [4.78, 5) is 43.3. The van der Waals surface area contributed by atoms with Crippen LogP contribution in [0, 0.1) is 13.8 Å². The van der Waals surface area contributed by atoms with E-state index in [1.165, 1.54) is 24.4 Å². The fourth-order valence-electron chi connectivity index (χ4n) is 3.09. The Hall–Kier alpha value is -3.13. The number of aliphatic imine (C=N–C) groups is 1. The summed E-state index contributed by atoms with van der Waals surface area (Å²) in [5.41, 5.74) is 3.96. The zero-order valence-electron chi connectivity index (χ0n) is 18.0. The molecule has 7 nitrogen and oxygen atoms in total. The first-order valence-electron chi connectivity index (χ1n) is 9.94. The molecule has 1 unspecified atom stereocenters. The maximum Gasteiger partial charge on any atom is 0.337 e. The van der Waals surface area contributed by atoms with Crippen LogP contribution in [-0.2, 0) is 14.3 Å². The summed E-state index contributed by atoms with van der Waals surface area (Å²) >= 11 is 1.28. The number of thioether (sulfide) groups is 1. The number of ether oxygens (including phenoxy) is 1. The van der Waals surface area contributed by atoms with Gasteiger partial charge in [-0.1, -0.05) is 17.8 Å². The molecule has 162 valence electrons. The number of carbonyl (C=O) groups is 3. The number of carbonyl (C=O) groups excluding carboxylic acids is 3. The van der Waals surface area contributed by atoms with Crippen molar-refractivity contribution in [1.29, 1.82) is 0 Å². The van der Waals surface area contributed by atoms with Crippen molar-refractivity contribution in [3.8, 4) is 0 Å². The molecule has 1 atom stereocenters. The average molecular weight is 440 g/mol. The summed E-state index contributed by atoms with van der Waals surface area (Å²) in [6.07, 6.45) is 0.0938. The number of hydrogen-bond donors (Lipinski definition) is 1. The summed E-state index contributed by atoms with van der Waals surface area (Å²) in [6, 6.07) is 12.3. The van der Waals surface area contributed by atoms with Crippen LogP contribution in [0.2, 0.25) is 0 Å². The third-order valence-corrected chi connectivity index (χ3v) is 6.22. The Kier molecular flexibility index (Phi) is 7.12. The molecule has 0 radical (unpaired) electrons. The molecule has 1 heterocycles. The van der Waals surface area contributed by atoms with E-state index in [0.29, 0.717) is 23.0 Å². The van der Waals surface area contributed by atoms with Crippen LogP contribution in [0.4, 0.5) is 11.4 Å². The van der Waals surface area contributed by atoms with Gasteiger partial charge in [0.15, 0.2) is 5.17 Å². The Morgan fingerprint density at radius 2 is 1.87 bits per heavy atom. The van der Waals surface area contributed by atoms with Crippen LogP contribution in [0.15, 0.2) is 47.5 Å². The molecule has 1 aliphatic heterocycles. The molecule has 0 saturated carbocycles. The molecule has 0 bridgehead atoms. The van der Waals surface area contributed by atoms with Gasteiger partial charge in [0.25, 0.3) is 0 Å². The van der Waals surface area contributed by atoms with Crippen LogP contribution >= 0.6 is 11.8 Å². The molecule has 2 aromatic carbocycles. The molecular weight excluding hydrogens is 414 g/mol. The van der Waals surface area contributed by atoms with Crippen LogP contribution in [0.5, 0.6) is 0 Å². The minimum Gasteiger partial charge on any atom is -0.465 e. The number of benzene rings is 2. The van der Waals surface area contributed by atoms with Crippen LogP contribution in [0.3, 0.4) is 0 Å². The van der Waals surface area contributed by atoms with Gasteiger partial charge in [-0.05, 0) is 68.3 Å². The Balaban J connectivity index is 1.77. The highest BCUT2D eigenvalue weighted by atomic mass is 32.2. The molecule has 0 aromatic heterocycles. The van der Waals surface area contributed by atoms with E-state index < -0.39 is 11.2 Å². The van der Waals surface area contributed by atoms with E-state index >= 15 is 0 Å². The van der Waals surface area contributed by atoms with Crippen molar-refractivity contribution < 1.29 is 19.1 Å². The van der Waals surface area contributed by atoms with E-state index in [9.17, 15) is 14.4 Å². The third-order valence-electron chi connectivity index (χ3n) is 5.04. The van der Waals surface area contributed by atoms with Crippen molar-refractivity contribution in [2.45, 2.75) is 32.4 Å². The quantitative estimate of drug-likeness (QED) is 0.710. The number of rotatable bonds is 5. The second-order valence-corrected chi connectivity index (χ2v) is 8.34. The molecule has 0 spiro atoms. The highest BCUT2D eigenvalue weighted by Crippen LogP contribution is 2.30. The molecule has 1 fully saturated rings. The minimum absolute atomic E-state index is 0.0938. The monoisotopic (exact) mass is 439 g/mol. The van der Waals surface area contributed by atoms with Gasteiger partial charge in [0, 0.05) is 18.7 Å². The molecule has 2 aromatic rings.